The van der Waals surface area contributed by atoms with Crippen molar-refractivity contribution in [3.63, 3.8) is 0 Å². The number of benzene rings is 1. The number of aromatic hydroxyl groups is 1. The van der Waals surface area contributed by atoms with E-state index < -0.39 is 5.97 Å². The summed E-state index contributed by atoms with van der Waals surface area (Å²) in [5.74, 6) is -0.324. The van der Waals surface area contributed by atoms with Crippen LogP contribution in [0.4, 0.5) is 0 Å². The number of nitrogens with zero attached hydrogens (tertiary/aromatic N) is 1. The van der Waals surface area contributed by atoms with E-state index in [1.165, 1.54) is 12.5 Å². The SMILES string of the molecule is CC(=O)ON=C(C)c1cc(C2(C)CC2)ccc1O. The second-order valence-electron chi connectivity index (χ2n) is 5.05. The van der Waals surface area contributed by atoms with Gasteiger partial charge in [-0.25, -0.2) is 4.79 Å². The molecule has 4 nitrogen and oxygen atoms in total. The van der Waals surface area contributed by atoms with Gasteiger partial charge in [0.1, 0.15) is 5.75 Å². The number of rotatable bonds is 3. The highest BCUT2D eigenvalue weighted by Gasteiger charge is 2.39. The molecule has 0 heterocycles. The standard InChI is InChI=1S/C14H17NO3/c1-9(15-18-10(2)16)12-8-11(4-5-13(12)17)14(3)6-7-14/h4-5,8,17H,6-7H2,1-3H3. The zero-order valence-corrected chi connectivity index (χ0v) is 10.9. The summed E-state index contributed by atoms with van der Waals surface area (Å²) in [6.45, 7) is 5.19. The highest BCUT2D eigenvalue weighted by atomic mass is 16.7. The third-order valence-electron chi connectivity index (χ3n) is 3.39. The summed E-state index contributed by atoms with van der Waals surface area (Å²) >= 11 is 0. The molecular weight excluding hydrogens is 230 g/mol. The van der Waals surface area contributed by atoms with Crippen LogP contribution >= 0.6 is 0 Å². The van der Waals surface area contributed by atoms with E-state index in [0.29, 0.717) is 11.3 Å². The number of oxime groups is 1. The van der Waals surface area contributed by atoms with Crippen molar-refractivity contribution in [3.05, 3.63) is 29.3 Å². The largest absolute Gasteiger partial charge is 0.507 e. The van der Waals surface area contributed by atoms with E-state index in [1.807, 2.05) is 12.1 Å². The maximum absolute atomic E-state index is 10.7. The van der Waals surface area contributed by atoms with E-state index >= 15 is 0 Å². The van der Waals surface area contributed by atoms with Crippen LogP contribution in [0.5, 0.6) is 5.75 Å². The van der Waals surface area contributed by atoms with Gasteiger partial charge in [0.05, 0.1) is 5.71 Å². The Labute approximate surface area is 106 Å². The lowest BCUT2D eigenvalue weighted by Crippen LogP contribution is -2.04. The van der Waals surface area contributed by atoms with Gasteiger partial charge in [0.2, 0.25) is 0 Å². The van der Waals surface area contributed by atoms with Gasteiger partial charge in [0, 0.05) is 12.5 Å². The van der Waals surface area contributed by atoms with Gasteiger partial charge in [-0.2, -0.15) is 0 Å². The van der Waals surface area contributed by atoms with Gasteiger partial charge in [-0.3, -0.25) is 0 Å². The van der Waals surface area contributed by atoms with Crippen LogP contribution in [-0.4, -0.2) is 16.8 Å². The summed E-state index contributed by atoms with van der Waals surface area (Å²) in [5, 5.41) is 13.5. The van der Waals surface area contributed by atoms with Crippen molar-refractivity contribution in [3.8, 4) is 5.75 Å². The van der Waals surface area contributed by atoms with Crippen molar-refractivity contribution in [1.82, 2.24) is 0 Å². The van der Waals surface area contributed by atoms with E-state index in [4.69, 9.17) is 0 Å². The fourth-order valence-corrected chi connectivity index (χ4v) is 1.86. The van der Waals surface area contributed by atoms with Gasteiger partial charge in [-0.05, 0) is 42.9 Å². The Kier molecular flexibility index (Phi) is 3.11. The van der Waals surface area contributed by atoms with Gasteiger partial charge < -0.3 is 9.94 Å². The lowest BCUT2D eigenvalue weighted by Gasteiger charge is -2.12. The van der Waals surface area contributed by atoms with Crippen LogP contribution in [0.2, 0.25) is 0 Å². The maximum atomic E-state index is 10.7. The smallest absolute Gasteiger partial charge is 0.331 e. The molecule has 0 saturated heterocycles. The van der Waals surface area contributed by atoms with Crippen molar-refractivity contribution < 1.29 is 14.7 Å². The second-order valence-corrected chi connectivity index (χ2v) is 5.05. The summed E-state index contributed by atoms with van der Waals surface area (Å²) in [6.07, 6.45) is 2.33. The van der Waals surface area contributed by atoms with E-state index in [0.717, 1.165) is 12.8 Å². The van der Waals surface area contributed by atoms with Crippen LogP contribution < -0.4 is 0 Å². The Balaban J connectivity index is 2.31. The van der Waals surface area contributed by atoms with Crippen molar-refractivity contribution in [2.24, 2.45) is 5.16 Å². The molecule has 2 rings (SSSR count). The average Bonchev–Trinajstić information content (AvgIpc) is 3.06. The molecule has 1 saturated carbocycles. The summed E-state index contributed by atoms with van der Waals surface area (Å²) in [4.78, 5) is 15.3. The molecule has 0 unspecified atom stereocenters. The van der Waals surface area contributed by atoms with Gasteiger partial charge in [0.25, 0.3) is 0 Å². The molecule has 1 aliphatic carbocycles. The first-order chi connectivity index (χ1) is 8.42. The Morgan fingerprint density at radius 3 is 2.61 bits per heavy atom. The fourth-order valence-electron chi connectivity index (χ4n) is 1.86. The number of carbonyl (C=O) groups is 1. The van der Waals surface area contributed by atoms with Gasteiger partial charge >= 0.3 is 5.97 Å². The van der Waals surface area contributed by atoms with Crippen LogP contribution in [0.3, 0.4) is 0 Å². The summed E-state index contributed by atoms with van der Waals surface area (Å²) < 4.78 is 0. The zero-order valence-electron chi connectivity index (χ0n) is 10.9. The lowest BCUT2D eigenvalue weighted by atomic mass is 9.95. The summed E-state index contributed by atoms with van der Waals surface area (Å²) in [6, 6.07) is 5.52. The van der Waals surface area contributed by atoms with Gasteiger partial charge in [-0.15, -0.1) is 0 Å². The van der Waals surface area contributed by atoms with E-state index in [9.17, 15) is 9.90 Å². The van der Waals surface area contributed by atoms with Gasteiger partial charge in [0.15, 0.2) is 0 Å². The molecule has 18 heavy (non-hydrogen) atoms. The maximum Gasteiger partial charge on any atom is 0.331 e. The van der Waals surface area contributed by atoms with Gasteiger partial charge in [-0.1, -0.05) is 18.1 Å². The van der Waals surface area contributed by atoms with Crippen molar-refractivity contribution in [1.29, 1.82) is 0 Å². The molecule has 1 aromatic carbocycles. The minimum absolute atomic E-state index is 0.149. The molecule has 0 radical (unpaired) electrons. The first-order valence-electron chi connectivity index (χ1n) is 5.98. The average molecular weight is 247 g/mol. The molecule has 1 N–H and O–H groups in total. The third-order valence-corrected chi connectivity index (χ3v) is 3.39. The van der Waals surface area contributed by atoms with E-state index in [-0.39, 0.29) is 11.2 Å². The molecular formula is C14H17NO3. The lowest BCUT2D eigenvalue weighted by molar-refractivity contribution is -0.140. The number of phenols is 1. The van der Waals surface area contributed by atoms with Crippen LogP contribution in [0.1, 0.15) is 44.7 Å². The second kappa shape index (κ2) is 4.44. The molecule has 0 atom stereocenters. The Morgan fingerprint density at radius 1 is 1.39 bits per heavy atom. The third kappa shape index (κ3) is 2.53. The molecule has 1 aliphatic rings. The Hall–Kier alpha value is -1.84. The molecule has 0 amide bonds. The monoisotopic (exact) mass is 247 g/mol. The minimum Gasteiger partial charge on any atom is -0.507 e. The molecule has 0 aromatic heterocycles. The minimum atomic E-state index is -0.473. The van der Waals surface area contributed by atoms with Crippen molar-refractivity contribution in [2.75, 3.05) is 0 Å². The highest BCUT2D eigenvalue weighted by molar-refractivity contribution is 6.01. The first-order valence-corrected chi connectivity index (χ1v) is 5.98. The first kappa shape index (κ1) is 12.6. The normalized spacial score (nSPS) is 17.4. The molecule has 0 aliphatic heterocycles. The molecule has 0 spiro atoms. The number of carbonyl (C=O) groups excluding carboxylic acids is 1. The Bertz CT molecular complexity index is 516. The zero-order chi connectivity index (χ0) is 13.3. The predicted molar refractivity (Wildman–Crippen MR) is 68.7 cm³/mol. The topological polar surface area (TPSA) is 58.9 Å². The van der Waals surface area contributed by atoms with Crippen molar-refractivity contribution >= 4 is 11.7 Å². The molecule has 1 aromatic rings. The molecule has 0 bridgehead atoms. The number of hydrogen-bond donors (Lipinski definition) is 1. The van der Waals surface area contributed by atoms with E-state index in [1.54, 1.807) is 13.0 Å². The fraction of sp³-hybridized carbons (Fsp3) is 0.429. The van der Waals surface area contributed by atoms with E-state index in [2.05, 4.69) is 16.9 Å². The quantitative estimate of drug-likeness (QED) is 0.507. The predicted octanol–water partition coefficient (Wildman–Crippen LogP) is 2.73. The summed E-state index contributed by atoms with van der Waals surface area (Å²) in [7, 11) is 0. The molecule has 1 fully saturated rings. The van der Waals surface area contributed by atoms with Crippen LogP contribution in [0, 0.1) is 0 Å². The molecule has 96 valence electrons. The van der Waals surface area contributed by atoms with Crippen LogP contribution in [0.15, 0.2) is 23.4 Å². The number of hydrogen-bond acceptors (Lipinski definition) is 4. The highest BCUT2D eigenvalue weighted by Crippen LogP contribution is 2.48. The molecule has 4 heteroatoms. The summed E-state index contributed by atoms with van der Waals surface area (Å²) in [5.41, 5.74) is 2.52. The Morgan fingerprint density at radius 2 is 2.06 bits per heavy atom. The van der Waals surface area contributed by atoms with Crippen LogP contribution in [0.25, 0.3) is 0 Å². The number of phenolic OH excluding ortho intramolecular Hbond substituents is 1. The van der Waals surface area contributed by atoms with Crippen LogP contribution in [-0.2, 0) is 15.0 Å². The van der Waals surface area contributed by atoms with Crippen molar-refractivity contribution in [2.45, 2.75) is 39.0 Å².